The van der Waals surface area contributed by atoms with Crippen molar-refractivity contribution in [3.63, 3.8) is 0 Å². The van der Waals surface area contributed by atoms with Gasteiger partial charge in [0.1, 0.15) is 5.82 Å². The second kappa shape index (κ2) is 9.98. The third kappa shape index (κ3) is 4.85. The zero-order valence-electron chi connectivity index (χ0n) is 20.2. The van der Waals surface area contributed by atoms with Crippen molar-refractivity contribution in [1.29, 1.82) is 0 Å². The summed E-state index contributed by atoms with van der Waals surface area (Å²) in [5.41, 5.74) is 5.89. The highest BCUT2D eigenvalue weighted by Crippen LogP contribution is 2.41. The van der Waals surface area contributed by atoms with Crippen molar-refractivity contribution >= 4 is 17.4 Å². The second-order valence-corrected chi connectivity index (χ2v) is 9.69. The van der Waals surface area contributed by atoms with Crippen molar-refractivity contribution in [2.45, 2.75) is 58.2 Å². The van der Waals surface area contributed by atoms with Crippen LogP contribution in [0.4, 0.5) is 11.5 Å². The van der Waals surface area contributed by atoms with Gasteiger partial charge in [0.2, 0.25) is 5.91 Å². The summed E-state index contributed by atoms with van der Waals surface area (Å²) in [6.07, 6.45) is 6.64. The molecule has 0 saturated carbocycles. The van der Waals surface area contributed by atoms with Crippen LogP contribution in [-0.4, -0.2) is 34.9 Å². The molecule has 1 fully saturated rings. The molecule has 5 heteroatoms. The van der Waals surface area contributed by atoms with Crippen LogP contribution in [0.5, 0.6) is 0 Å². The molecule has 3 heterocycles. The van der Waals surface area contributed by atoms with Crippen LogP contribution in [0.3, 0.4) is 0 Å². The third-order valence-corrected chi connectivity index (χ3v) is 7.15. The van der Waals surface area contributed by atoms with E-state index in [1.54, 1.807) is 13.1 Å². The first-order chi connectivity index (χ1) is 16.6. The van der Waals surface area contributed by atoms with Gasteiger partial charge in [0.15, 0.2) is 0 Å². The first-order valence-corrected chi connectivity index (χ1v) is 12.5. The van der Waals surface area contributed by atoms with E-state index < -0.39 is 0 Å². The summed E-state index contributed by atoms with van der Waals surface area (Å²) in [6, 6.07) is 21.6. The fourth-order valence-electron chi connectivity index (χ4n) is 5.47. The van der Waals surface area contributed by atoms with Crippen LogP contribution in [-0.2, 0) is 11.3 Å². The van der Waals surface area contributed by atoms with Crippen molar-refractivity contribution in [2.75, 3.05) is 23.3 Å². The van der Waals surface area contributed by atoms with Crippen LogP contribution < -0.4 is 10.2 Å². The van der Waals surface area contributed by atoms with E-state index in [1.807, 2.05) is 23.1 Å². The minimum atomic E-state index is 0.0832. The van der Waals surface area contributed by atoms with Crippen LogP contribution >= 0.6 is 0 Å². The standard InChI is InChI=1S/C29H34N4O/c1-21-18-27(31-29-8-4-5-15-30-29)26-19-25(13-14-28(26)33(21)22(2)34)24-11-9-23(10-12-24)20-32-16-6-3-7-17-32/h4-5,8-15,19,21,27H,3,6-7,16-18,20H2,1-2H3,(H,30,31)/t21-,27+/m1/s1. The third-order valence-electron chi connectivity index (χ3n) is 7.15. The molecule has 1 saturated heterocycles. The van der Waals surface area contributed by atoms with Gasteiger partial charge in [-0.3, -0.25) is 9.69 Å². The number of nitrogens with zero attached hydrogens (tertiary/aromatic N) is 3. The van der Waals surface area contributed by atoms with E-state index in [0.717, 1.165) is 30.0 Å². The SMILES string of the molecule is CC(=O)N1c2ccc(-c3ccc(CN4CCCCC4)cc3)cc2[C@@H](Nc2ccccn2)C[C@H]1C. The molecule has 176 valence electrons. The Kier molecular flexibility index (Phi) is 6.63. The van der Waals surface area contributed by atoms with Crippen LogP contribution in [0.25, 0.3) is 11.1 Å². The zero-order valence-corrected chi connectivity index (χ0v) is 20.2. The van der Waals surface area contributed by atoms with Crippen molar-refractivity contribution in [2.24, 2.45) is 0 Å². The molecule has 0 bridgehead atoms. The van der Waals surface area contributed by atoms with Gasteiger partial charge < -0.3 is 10.2 Å². The number of likely N-dealkylation sites (tertiary alicyclic amines) is 1. The van der Waals surface area contributed by atoms with Crippen molar-refractivity contribution < 1.29 is 4.79 Å². The average Bonchev–Trinajstić information content (AvgIpc) is 2.85. The summed E-state index contributed by atoms with van der Waals surface area (Å²) in [7, 11) is 0. The molecule has 5 nitrogen and oxygen atoms in total. The number of rotatable bonds is 5. The lowest BCUT2D eigenvalue weighted by atomic mass is 9.89. The summed E-state index contributed by atoms with van der Waals surface area (Å²) < 4.78 is 0. The smallest absolute Gasteiger partial charge is 0.224 e. The Morgan fingerprint density at radius 2 is 1.76 bits per heavy atom. The molecule has 0 spiro atoms. The largest absolute Gasteiger partial charge is 0.363 e. The van der Waals surface area contributed by atoms with E-state index in [9.17, 15) is 4.79 Å². The quantitative estimate of drug-likeness (QED) is 0.511. The van der Waals surface area contributed by atoms with E-state index in [-0.39, 0.29) is 18.0 Å². The van der Waals surface area contributed by atoms with E-state index in [1.165, 1.54) is 49.0 Å². The van der Waals surface area contributed by atoms with Crippen LogP contribution in [0, 0.1) is 0 Å². The highest BCUT2D eigenvalue weighted by Gasteiger charge is 2.32. The number of benzene rings is 2. The van der Waals surface area contributed by atoms with Gasteiger partial charge in [-0.15, -0.1) is 0 Å². The Hall–Kier alpha value is -3.18. The number of hydrogen-bond acceptors (Lipinski definition) is 4. The Bertz CT molecular complexity index is 1120. The predicted molar refractivity (Wildman–Crippen MR) is 139 cm³/mol. The van der Waals surface area contributed by atoms with Gasteiger partial charge in [-0.25, -0.2) is 4.98 Å². The Labute approximate surface area is 202 Å². The number of carbonyl (C=O) groups excluding carboxylic acids is 1. The number of amides is 1. The lowest BCUT2D eigenvalue weighted by molar-refractivity contribution is -0.117. The number of anilines is 2. The van der Waals surface area contributed by atoms with Crippen molar-refractivity contribution in [1.82, 2.24) is 9.88 Å². The molecular weight excluding hydrogens is 420 g/mol. The number of pyridine rings is 1. The van der Waals surface area contributed by atoms with Crippen molar-refractivity contribution in [3.8, 4) is 11.1 Å². The summed E-state index contributed by atoms with van der Waals surface area (Å²) in [5, 5.41) is 3.61. The second-order valence-electron chi connectivity index (χ2n) is 9.69. The molecule has 1 amide bonds. The molecule has 34 heavy (non-hydrogen) atoms. The van der Waals surface area contributed by atoms with Gasteiger partial charge in [-0.05, 0) is 85.8 Å². The first-order valence-electron chi connectivity index (χ1n) is 12.5. The fourth-order valence-corrected chi connectivity index (χ4v) is 5.47. The van der Waals surface area contributed by atoms with E-state index in [4.69, 9.17) is 0 Å². The summed E-state index contributed by atoms with van der Waals surface area (Å²) in [6.45, 7) is 7.23. The molecule has 0 unspecified atom stereocenters. The molecule has 1 N–H and O–H groups in total. The van der Waals surface area contributed by atoms with Crippen LogP contribution in [0.15, 0.2) is 66.9 Å². The Morgan fingerprint density at radius 3 is 2.47 bits per heavy atom. The summed E-state index contributed by atoms with van der Waals surface area (Å²) in [4.78, 5) is 21.4. The highest BCUT2D eigenvalue weighted by molar-refractivity contribution is 5.94. The molecular formula is C29H34N4O. The van der Waals surface area contributed by atoms with E-state index >= 15 is 0 Å². The molecule has 2 aromatic carbocycles. The van der Waals surface area contributed by atoms with E-state index in [2.05, 4.69) is 64.6 Å². The number of aromatic nitrogens is 1. The fraction of sp³-hybridized carbons (Fsp3) is 0.379. The lowest BCUT2D eigenvalue weighted by Gasteiger charge is -2.39. The monoisotopic (exact) mass is 454 g/mol. The molecule has 2 aliphatic rings. The molecule has 0 aliphatic carbocycles. The lowest BCUT2D eigenvalue weighted by Crippen LogP contribution is -2.43. The topological polar surface area (TPSA) is 48.5 Å². The molecule has 2 atom stereocenters. The first kappa shape index (κ1) is 22.6. The maximum atomic E-state index is 12.5. The van der Waals surface area contributed by atoms with Crippen LogP contribution in [0.2, 0.25) is 0 Å². The predicted octanol–water partition coefficient (Wildman–Crippen LogP) is 6.03. The minimum absolute atomic E-state index is 0.0832. The maximum Gasteiger partial charge on any atom is 0.224 e. The number of nitrogens with one attached hydrogen (secondary N) is 1. The minimum Gasteiger partial charge on any atom is -0.363 e. The zero-order chi connectivity index (χ0) is 23.5. The number of carbonyl (C=O) groups is 1. The highest BCUT2D eigenvalue weighted by atomic mass is 16.2. The van der Waals surface area contributed by atoms with Gasteiger partial charge in [-0.2, -0.15) is 0 Å². The summed E-state index contributed by atoms with van der Waals surface area (Å²) in [5.74, 6) is 0.939. The molecule has 5 rings (SSSR count). The molecule has 3 aromatic rings. The van der Waals surface area contributed by atoms with E-state index in [0.29, 0.717) is 0 Å². The van der Waals surface area contributed by atoms with Gasteiger partial charge in [0.25, 0.3) is 0 Å². The Morgan fingerprint density at radius 1 is 1.00 bits per heavy atom. The molecule has 1 aromatic heterocycles. The summed E-state index contributed by atoms with van der Waals surface area (Å²) >= 11 is 0. The van der Waals surface area contributed by atoms with Gasteiger partial charge in [-0.1, -0.05) is 42.8 Å². The molecule has 0 radical (unpaired) electrons. The number of hydrogen-bond donors (Lipinski definition) is 1. The number of piperidine rings is 1. The maximum absolute atomic E-state index is 12.5. The van der Waals surface area contributed by atoms with Crippen LogP contribution in [0.1, 0.15) is 56.7 Å². The van der Waals surface area contributed by atoms with Gasteiger partial charge in [0, 0.05) is 31.4 Å². The van der Waals surface area contributed by atoms with Crippen molar-refractivity contribution in [3.05, 3.63) is 78.0 Å². The normalized spacial score (nSPS) is 20.6. The molecule has 2 aliphatic heterocycles. The average molecular weight is 455 g/mol. The van der Waals surface area contributed by atoms with Gasteiger partial charge >= 0.3 is 0 Å². The van der Waals surface area contributed by atoms with Gasteiger partial charge in [0.05, 0.1) is 6.04 Å². The number of fused-ring (bicyclic) bond motifs is 1. The Balaban J connectivity index is 1.43.